The fraction of sp³-hybridized carbons (Fsp3) is 0. The molecule has 0 heterocycles. The van der Waals surface area contributed by atoms with Gasteiger partial charge < -0.3 is 10.2 Å². The quantitative estimate of drug-likeness (QED) is 0.849. The fourth-order valence-electron chi connectivity index (χ4n) is 1.78. The Hall–Kier alpha value is -2.04. The van der Waals surface area contributed by atoms with Crippen molar-refractivity contribution in [3.8, 4) is 5.75 Å². The van der Waals surface area contributed by atoms with Crippen LogP contribution in [0.5, 0.6) is 5.75 Å². The molecule has 0 unspecified atom stereocenters. The number of halogens is 2. The van der Waals surface area contributed by atoms with Crippen LogP contribution < -0.4 is 0 Å². The summed E-state index contributed by atoms with van der Waals surface area (Å²) < 4.78 is 0. The van der Waals surface area contributed by atoms with Gasteiger partial charge in [-0.25, -0.2) is 4.79 Å². The first-order valence-corrected chi connectivity index (χ1v) is 6.23. The van der Waals surface area contributed by atoms with E-state index in [-0.39, 0.29) is 32.5 Å². The largest absolute Gasteiger partial charge is 0.507 e. The highest BCUT2D eigenvalue weighted by Crippen LogP contribution is 2.31. The predicted octanol–water partition coefficient (Wildman–Crippen LogP) is 3.63. The predicted molar refractivity (Wildman–Crippen MR) is 75.0 cm³/mol. The van der Waals surface area contributed by atoms with E-state index in [1.165, 1.54) is 24.3 Å². The number of ketones is 1. The van der Waals surface area contributed by atoms with Crippen molar-refractivity contribution in [1.82, 2.24) is 0 Å². The minimum Gasteiger partial charge on any atom is -0.507 e. The molecule has 4 nitrogen and oxygen atoms in total. The molecular formula is C14H8Cl2O4. The highest BCUT2D eigenvalue weighted by molar-refractivity contribution is 6.39. The molecule has 0 saturated heterocycles. The van der Waals surface area contributed by atoms with Gasteiger partial charge in [-0.2, -0.15) is 0 Å². The molecule has 0 radical (unpaired) electrons. The third-order valence-electron chi connectivity index (χ3n) is 2.69. The molecule has 2 aromatic carbocycles. The number of phenolic OH excluding ortho intramolecular Hbond substituents is 1. The number of carboxylic acid groups (broad SMARTS) is 1. The van der Waals surface area contributed by atoms with E-state index in [0.29, 0.717) is 0 Å². The maximum atomic E-state index is 12.4. The van der Waals surface area contributed by atoms with Crippen LogP contribution in [0.4, 0.5) is 0 Å². The summed E-state index contributed by atoms with van der Waals surface area (Å²) in [6, 6.07) is 8.43. The molecule has 0 atom stereocenters. The van der Waals surface area contributed by atoms with Crippen LogP contribution >= 0.6 is 23.2 Å². The Labute approximate surface area is 124 Å². The lowest BCUT2D eigenvalue weighted by atomic mass is 9.97. The Kier molecular flexibility index (Phi) is 3.97. The van der Waals surface area contributed by atoms with E-state index in [1.54, 1.807) is 12.1 Å². The molecule has 102 valence electrons. The van der Waals surface area contributed by atoms with Crippen molar-refractivity contribution in [1.29, 1.82) is 0 Å². The number of aromatic carboxylic acids is 1. The third-order valence-corrected chi connectivity index (χ3v) is 3.32. The highest BCUT2D eigenvalue weighted by Gasteiger charge is 2.25. The lowest BCUT2D eigenvalue weighted by Gasteiger charge is -2.10. The Morgan fingerprint density at radius 3 is 2.00 bits per heavy atom. The zero-order chi connectivity index (χ0) is 14.9. The number of hydrogen-bond donors (Lipinski definition) is 2. The van der Waals surface area contributed by atoms with Gasteiger partial charge in [-0.3, -0.25) is 4.79 Å². The molecule has 0 bridgehead atoms. The molecule has 0 aliphatic carbocycles. The van der Waals surface area contributed by atoms with Gasteiger partial charge in [0.1, 0.15) is 5.75 Å². The smallest absolute Gasteiger partial charge is 0.338 e. The zero-order valence-corrected chi connectivity index (χ0v) is 11.4. The summed E-state index contributed by atoms with van der Waals surface area (Å²) in [5.41, 5.74) is -0.667. The molecule has 2 rings (SSSR count). The summed E-state index contributed by atoms with van der Waals surface area (Å²) in [4.78, 5) is 23.7. The molecule has 6 heteroatoms. The van der Waals surface area contributed by atoms with Gasteiger partial charge in [0, 0.05) is 0 Å². The summed E-state index contributed by atoms with van der Waals surface area (Å²) in [7, 11) is 0. The standard InChI is InChI=1S/C14H8Cl2O4/c15-8-5-6-9(16)12(14(19)20)11(8)13(18)7-3-1-2-4-10(7)17/h1-6,17H,(H,19,20). The number of aromatic hydroxyl groups is 1. The fourth-order valence-corrected chi connectivity index (χ4v) is 2.26. The van der Waals surface area contributed by atoms with E-state index in [1.807, 2.05) is 0 Å². The molecule has 0 spiro atoms. The molecule has 20 heavy (non-hydrogen) atoms. The second kappa shape index (κ2) is 5.53. The van der Waals surface area contributed by atoms with Gasteiger partial charge in [-0.15, -0.1) is 0 Å². The molecule has 0 fully saturated rings. The number of benzene rings is 2. The van der Waals surface area contributed by atoms with Gasteiger partial charge in [-0.1, -0.05) is 35.3 Å². The topological polar surface area (TPSA) is 74.6 Å². The lowest BCUT2D eigenvalue weighted by molar-refractivity contribution is 0.0693. The third kappa shape index (κ3) is 2.48. The van der Waals surface area contributed by atoms with Gasteiger partial charge in [0.05, 0.1) is 26.7 Å². The number of rotatable bonds is 3. The molecular weight excluding hydrogens is 303 g/mol. The number of carbonyl (C=O) groups is 2. The van der Waals surface area contributed by atoms with Crippen molar-refractivity contribution in [3.63, 3.8) is 0 Å². The van der Waals surface area contributed by atoms with Gasteiger partial charge in [0.2, 0.25) is 0 Å². The van der Waals surface area contributed by atoms with Crippen LogP contribution in [-0.4, -0.2) is 22.0 Å². The SMILES string of the molecule is O=C(O)c1c(Cl)ccc(Cl)c1C(=O)c1ccccc1O. The van der Waals surface area contributed by atoms with Crippen molar-refractivity contribution < 1.29 is 19.8 Å². The normalized spacial score (nSPS) is 10.3. The maximum Gasteiger partial charge on any atom is 0.338 e. The molecule has 0 amide bonds. The second-order valence-corrected chi connectivity index (χ2v) is 4.75. The van der Waals surface area contributed by atoms with Crippen LogP contribution in [0.1, 0.15) is 26.3 Å². The van der Waals surface area contributed by atoms with E-state index in [4.69, 9.17) is 23.2 Å². The molecule has 0 aromatic heterocycles. The molecule has 0 saturated carbocycles. The van der Waals surface area contributed by atoms with Gasteiger partial charge in [0.25, 0.3) is 0 Å². The summed E-state index contributed by atoms with van der Waals surface area (Å²) in [5.74, 6) is -2.32. The Morgan fingerprint density at radius 2 is 1.45 bits per heavy atom. The van der Waals surface area contributed by atoms with Crippen LogP contribution in [0.25, 0.3) is 0 Å². The van der Waals surface area contributed by atoms with Crippen molar-refractivity contribution in [2.24, 2.45) is 0 Å². The number of hydrogen-bond acceptors (Lipinski definition) is 3. The zero-order valence-electron chi connectivity index (χ0n) is 9.93. The highest BCUT2D eigenvalue weighted by atomic mass is 35.5. The van der Waals surface area contributed by atoms with Gasteiger partial charge >= 0.3 is 5.97 Å². The number of carbonyl (C=O) groups excluding carboxylic acids is 1. The lowest BCUT2D eigenvalue weighted by Crippen LogP contribution is -2.11. The van der Waals surface area contributed by atoms with Gasteiger partial charge in [-0.05, 0) is 24.3 Å². The molecule has 2 aromatic rings. The monoisotopic (exact) mass is 310 g/mol. The summed E-state index contributed by atoms with van der Waals surface area (Å²) >= 11 is 11.7. The average molecular weight is 311 g/mol. The van der Waals surface area contributed by atoms with Crippen molar-refractivity contribution in [2.75, 3.05) is 0 Å². The molecule has 0 aliphatic rings. The minimum atomic E-state index is -1.36. The van der Waals surface area contributed by atoms with Crippen LogP contribution in [-0.2, 0) is 0 Å². The van der Waals surface area contributed by atoms with Crippen LogP contribution in [0, 0.1) is 0 Å². The van der Waals surface area contributed by atoms with E-state index >= 15 is 0 Å². The molecule has 0 aliphatic heterocycles. The average Bonchev–Trinajstić information content (AvgIpc) is 2.40. The van der Waals surface area contributed by atoms with Crippen LogP contribution in [0.2, 0.25) is 10.0 Å². The Morgan fingerprint density at radius 1 is 0.900 bits per heavy atom. The first kappa shape index (κ1) is 14.4. The Bertz CT molecular complexity index is 710. The first-order valence-electron chi connectivity index (χ1n) is 5.47. The summed E-state index contributed by atoms with van der Waals surface area (Å²) in [5, 5.41) is 18.7. The Balaban J connectivity index is 2.70. The summed E-state index contributed by atoms with van der Waals surface area (Å²) in [6.07, 6.45) is 0. The van der Waals surface area contributed by atoms with E-state index in [2.05, 4.69) is 0 Å². The van der Waals surface area contributed by atoms with Crippen LogP contribution in [0.15, 0.2) is 36.4 Å². The van der Waals surface area contributed by atoms with Crippen LogP contribution in [0.3, 0.4) is 0 Å². The minimum absolute atomic E-state index is 0.0416. The maximum absolute atomic E-state index is 12.4. The van der Waals surface area contributed by atoms with Crippen molar-refractivity contribution >= 4 is 35.0 Å². The molecule has 2 N–H and O–H groups in total. The summed E-state index contributed by atoms with van der Waals surface area (Å²) in [6.45, 7) is 0. The van der Waals surface area contributed by atoms with Crippen molar-refractivity contribution in [2.45, 2.75) is 0 Å². The number of carboxylic acids is 1. The second-order valence-electron chi connectivity index (χ2n) is 3.93. The number of para-hydroxylation sites is 1. The first-order chi connectivity index (χ1) is 9.43. The van der Waals surface area contributed by atoms with E-state index < -0.39 is 11.8 Å². The van der Waals surface area contributed by atoms with E-state index in [0.717, 1.165) is 0 Å². The van der Waals surface area contributed by atoms with Crippen molar-refractivity contribution in [3.05, 3.63) is 63.1 Å². The number of phenols is 1. The van der Waals surface area contributed by atoms with Gasteiger partial charge in [0.15, 0.2) is 5.78 Å². The van der Waals surface area contributed by atoms with E-state index in [9.17, 15) is 19.8 Å².